The molecular formula is C37H42FN3O5S. The Balaban J connectivity index is 1.80. The molecule has 4 aromatic rings. The van der Waals surface area contributed by atoms with Gasteiger partial charge in [0.25, 0.3) is 10.0 Å². The molecular weight excluding hydrogens is 617 g/mol. The Labute approximate surface area is 277 Å². The summed E-state index contributed by atoms with van der Waals surface area (Å²) < 4.78 is 48.9. The monoisotopic (exact) mass is 659 g/mol. The molecule has 1 atom stereocenters. The third-order valence-electron chi connectivity index (χ3n) is 7.36. The van der Waals surface area contributed by atoms with Crippen LogP contribution in [-0.2, 0) is 32.6 Å². The lowest BCUT2D eigenvalue weighted by atomic mass is 10.0. The minimum atomic E-state index is -4.26. The van der Waals surface area contributed by atoms with Crippen molar-refractivity contribution in [1.29, 1.82) is 0 Å². The average Bonchev–Trinajstić information content (AvgIpc) is 3.03. The van der Waals surface area contributed by atoms with E-state index in [2.05, 4.69) is 5.32 Å². The maximum absolute atomic E-state index is 14.5. The zero-order valence-corrected chi connectivity index (χ0v) is 28.3. The molecule has 2 amide bonds. The fraction of sp³-hybridized carbons (Fsp3) is 0.297. The molecule has 0 spiro atoms. The molecule has 0 aromatic heterocycles. The Morgan fingerprint density at radius 2 is 1.47 bits per heavy atom. The van der Waals surface area contributed by atoms with Crippen LogP contribution in [0.1, 0.15) is 44.4 Å². The van der Waals surface area contributed by atoms with Gasteiger partial charge in [0.15, 0.2) is 0 Å². The number of hydrogen-bond donors (Lipinski definition) is 1. The summed E-state index contributed by atoms with van der Waals surface area (Å²) in [4.78, 5) is 29.8. The Bertz CT molecular complexity index is 1740. The van der Waals surface area contributed by atoms with Gasteiger partial charge in [0.05, 0.1) is 17.2 Å². The van der Waals surface area contributed by atoms with Crippen molar-refractivity contribution in [2.45, 2.75) is 64.1 Å². The van der Waals surface area contributed by atoms with Crippen LogP contribution in [0.3, 0.4) is 0 Å². The van der Waals surface area contributed by atoms with Crippen molar-refractivity contribution in [2.75, 3.05) is 17.5 Å². The molecule has 0 aliphatic carbocycles. The summed E-state index contributed by atoms with van der Waals surface area (Å²) in [5.41, 5.74) is 1.99. The number of aryl methyl sites for hydroxylation is 1. The molecule has 0 aliphatic heterocycles. The topological polar surface area (TPSA) is 96.0 Å². The van der Waals surface area contributed by atoms with Gasteiger partial charge in [-0.2, -0.15) is 0 Å². The van der Waals surface area contributed by atoms with Crippen LogP contribution < -0.4 is 14.4 Å². The van der Waals surface area contributed by atoms with E-state index in [1.54, 1.807) is 48.5 Å². The average molecular weight is 660 g/mol. The summed E-state index contributed by atoms with van der Waals surface area (Å²) >= 11 is 0. The Morgan fingerprint density at radius 1 is 0.851 bits per heavy atom. The van der Waals surface area contributed by atoms with E-state index in [4.69, 9.17) is 4.74 Å². The maximum atomic E-state index is 14.5. The van der Waals surface area contributed by atoms with E-state index in [1.807, 2.05) is 65.0 Å². The minimum absolute atomic E-state index is 0.0225. The lowest BCUT2D eigenvalue weighted by Crippen LogP contribution is -2.56. The van der Waals surface area contributed by atoms with Gasteiger partial charge < -0.3 is 15.0 Å². The predicted octanol–water partition coefficient (Wildman–Crippen LogP) is 6.28. The molecule has 0 aliphatic rings. The lowest BCUT2D eigenvalue weighted by Gasteiger charge is -2.35. The number of anilines is 1. The van der Waals surface area contributed by atoms with E-state index in [-0.39, 0.29) is 17.9 Å². The summed E-state index contributed by atoms with van der Waals surface area (Å²) in [6.45, 7) is 9.03. The number of nitrogens with zero attached hydrogens (tertiary/aromatic N) is 2. The van der Waals surface area contributed by atoms with Gasteiger partial charge in [0.2, 0.25) is 11.8 Å². The van der Waals surface area contributed by atoms with Crippen LogP contribution in [0.4, 0.5) is 10.1 Å². The molecule has 4 aromatic carbocycles. The zero-order chi connectivity index (χ0) is 34.2. The number of benzene rings is 4. The van der Waals surface area contributed by atoms with E-state index in [1.165, 1.54) is 29.2 Å². The van der Waals surface area contributed by atoms with Gasteiger partial charge in [-0.3, -0.25) is 13.9 Å². The number of hydrogen-bond acceptors (Lipinski definition) is 5. The maximum Gasteiger partial charge on any atom is 0.264 e. The molecule has 1 N–H and O–H groups in total. The van der Waals surface area contributed by atoms with Gasteiger partial charge in [-0.1, -0.05) is 60.2 Å². The van der Waals surface area contributed by atoms with E-state index in [9.17, 15) is 22.4 Å². The van der Waals surface area contributed by atoms with Gasteiger partial charge in [-0.05, 0) is 94.3 Å². The minimum Gasteiger partial charge on any atom is -0.494 e. The number of carbonyl (C=O) groups excluding carboxylic acids is 2. The Morgan fingerprint density at radius 3 is 2.04 bits per heavy atom. The second-order valence-corrected chi connectivity index (χ2v) is 14.2. The van der Waals surface area contributed by atoms with Crippen LogP contribution in [-0.4, -0.2) is 49.9 Å². The summed E-state index contributed by atoms with van der Waals surface area (Å²) in [5.74, 6) is -0.920. The van der Waals surface area contributed by atoms with Crippen molar-refractivity contribution in [1.82, 2.24) is 10.2 Å². The van der Waals surface area contributed by atoms with Crippen molar-refractivity contribution in [2.24, 2.45) is 0 Å². The molecule has 47 heavy (non-hydrogen) atoms. The van der Waals surface area contributed by atoms with Crippen LogP contribution in [0.5, 0.6) is 5.75 Å². The Kier molecular flexibility index (Phi) is 11.4. The van der Waals surface area contributed by atoms with Gasteiger partial charge >= 0.3 is 0 Å². The third kappa shape index (κ3) is 9.65. The molecule has 0 radical (unpaired) electrons. The highest BCUT2D eigenvalue weighted by Gasteiger charge is 2.35. The SMILES string of the molecule is CCOc1ccc(S(=O)(=O)N(CC(=O)N(Cc2ccc(F)cc2)C(Cc2ccccc2)C(=O)NC(C)(C)C)c2ccc(C)cc2)cc1. The largest absolute Gasteiger partial charge is 0.494 e. The van der Waals surface area contributed by atoms with Crippen molar-refractivity contribution >= 4 is 27.5 Å². The van der Waals surface area contributed by atoms with Gasteiger partial charge in [-0.25, -0.2) is 12.8 Å². The predicted molar refractivity (Wildman–Crippen MR) is 182 cm³/mol. The molecule has 0 heterocycles. The second kappa shape index (κ2) is 15.3. The van der Waals surface area contributed by atoms with E-state index < -0.39 is 45.8 Å². The molecule has 1 unspecified atom stereocenters. The zero-order valence-electron chi connectivity index (χ0n) is 27.4. The van der Waals surface area contributed by atoms with Crippen molar-refractivity contribution in [3.05, 3.63) is 126 Å². The van der Waals surface area contributed by atoms with Crippen molar-refractivity contribution < 1.29 is 27.1 Å². The number of rotatable bonds is 13. The third-order valence-corrected chi connectivity index (χ3v) is 9.15. The van der Waals surface area contributed by atoms with Crippen molar-refractivity contribution in [3.63, 3.8) is 0 Å². The number of halogens is 1. The highest BCUT2D eigenvalue weighted by Crippen LogP contribution is 2.27. The smallest absolute Gasteiger partial charge is 0.264 e. The normalized spacial score (nSPS) is 12.2. The van der Waals surface area contributed by atoms with Gasteiger partial charge in [0, 0.05) is 18.5 Å². The van der Waals surface area contributed by atoms with Crippen LogP contribution in [0, 0.1) is 12.7 Å². The molecule has 10 heteroatoms. The molecule has 8 nitrogen and oxygen atoms in total. The molecule has 248 valence electrons. The molecule has 4 rings (SSSR count). The van der Waals surface area contributed by atoms with Crippen LogP contribution in [0.15, 0.2) is 108 Å². The van der Waals surface area contributed by atoms with E-state index >= 15 is 0 Å². The number of nitrogens with one attached hydrogen (secondary N) is 1. The fourth-order valence-corrected chi connectivity index (χ4v) is 6.45. The summed E-state index contributed by atoms with van der Waals surface area (Å²) in [6, 6.07) is 26.8. The standard InChI is InChI=1S/C37H42FN3O5S/c1-6-46-32-20-22-33(23-21-32)47(44,45)41(31-18-12-27(2)13-19-31)26-35(42)40(25-29-14-16-30(38)17-15-29)34(36(43)39-37(3,4)5)24-28-10-8-7-9-11-28/h7-23,34H,6,24-26H2,1-5H3,(H,39,43). The second-order valence-electron chi connectivity index (χ2n) is 12.3. The van der Waals surface area contributed by atoms with Crippen LogP contribution in [0.2, 0.25) is 0 Å². The van der Waals surface area contributed by atoms with Crippen LogP contribution >= 0.6 is 0 Å². The molecule has 0 fully saturated rings. The first-order chi connectivity index (χ1) is 22.3. The first-order valence-corrected chi connectivity index (χ1v) is 16.9. The van der Waals surface area contributed by atoms with E-state index in [0.29, 0.717) is 23.6 Å². The molecule has 0 saturated heterocycles. The first kappa shape index (κ1) is 35.2. The number of amides is 2. The number of carbonyl (C=O) groups is 2. The molecule has 0 bridgehead atoms. The fourth-order valence-electron chi connectivity index (χ4n) is 5.03. The van der Waals surface area contributed by atoms with Crippen molar-refractivity contribution in [3.8, 4) is 5.75 Å². The number of sulfonamides is 1. The lowest BCUT2D eigenvalue weighted by molar-refractivity contribution is -0.140. The molecule has 0 saturated carbocycles. The first-order valence-electron chi connectivity index (χ1n) is 15.5. The number of ether oxygens (including phenoxy) is 1. The van der Waals surface area contributed by atoms with Gasteiger partial charge in [-0.15, -0.1) is 0 Å². The summed E-state index contributed by atoms with van der Waals surface area (Å²) in [5, 5.41) is 3.00. The summed E-state index contributed by atoms with van der Waals surface area (Å²) in [7, 11) is -4.26. The van der Waals surface area contributed by atoms with Crippen LogP contribution in [0.25, 0.3) is 0 Å². The summed E-state index contributed by atoms with van der Waals surface area (Å²) in [6.07, 6.45) is 0.172. The highest BCUT2D eigenvalue weighted by molar-refractivity contribution is 7.92. The Hall–Kier alpha value is -4.70. The quantitative estimate of drug-likeness (QED) is 0.182. The van der Waals surface area contributed by atoms with Gasteiger partial charge in [0.1, 0.15) is 24.2 Å². The van der Waals surface area contributed by atoms with E-state index in [0.717, 1.165) is 15.4 Å². The highest BCUT2D eigenvalue weighted by atomic mass is 32.2.